The number of aromatic nitrogens is 3. The average Bonchev–Trinajstić information content (AvgIpc) is 3.17. The molecule has 0 bridgehead atoms. The molecule has 0 spiro atoms. The molecular weight excluding hydrogens is 285 g/mol. The molecule has 1 amide bonds. The van der Waals surface area contributed by atoms with Crippen LogP contribution in [-0.4, -0.2) is 52.5 Å². The lowest BCUT2D eigenvalue weighted by Gasteiger charge is -2.14. The number of amides is 1. The maximum Gasteiger partial charge on any atom is 0.276 e. The topological polar surface area (TPSA) is 63.1 Å². The molecule has 2 heterocycles. The molecule has 1 N–H and O–H groups in total. The maximum atomic E-state index is 12.9. The second kappa shape index (κ2) is 6.23. The summed E-state index contributed by atoms with van der Waals surface area (Å²) in [5, 5.41) is 11.0. The Morgan fingerprint density at radius 1 is 1.41 bits per heavy atom. The molecule has 22 heavy (non-hydrogen) atoms. The Labute approximate surface area is 127 Å². The van der Waals surface area contributed by atoms with E-state index < -0.39 is 0 Å². The minimum absolute atomic E-state index is 0.105. The van der Waals surface area contributed by atoms with Crippen LogP contribution in [0.5, 0.6) is 0 Å². The fraction of sp³-hybridized carbons (Fsp3) is 0.400. The van der Waals surface area contributed by atoms with E-state index >= 15 is 0 Å². The number of rotatable bonds is 4. The number of likely N-dealkylation sites (tertiary alicyclic amines) is 1. The molecule has 116 valence electrons. The van der Waals surface area contributed by atoms with Crippen molar-refractivity contribution in [2.45, 2.75) is 6.42 Å². The van der Waals surface area contributed by atoms with Crippen LogP contribution in [0.2, 0.25) is 0 Å². The van der Waals surface area contributed by atoms with E-state index in [4.69, 9.17) is 0 Å². The Morgan fingerprint density at radius 2 is 2.18 bits per heavy atom. The van der Waals surface area contributed by atoms with Gasteiger partial charge in [-0.2, -0.15) is 0 Å². The Hall–Kier alpha value is -2.28. The summed E-state index contributed by atoms with van der Waals surface area (Å²) in [6, 6.07) is 5.89. The number of nitrogens with zero attached hydrogens (tertiary/aromatic N) is 4. The van der Waals surface area contributed by atoms with E-state index in [1.807, 2.05) is 7.05 Å². The fourth-order valence-electron chi connectivity index (χ4n) is 2.72. The molecule has 0 unspecified atom stereocenters. The number of benzene rings is 1. The van der Waals surface area contributed by atoms with Gasteiger partial charge in [0.25, 0.3) is 5.91 Å². The summed E-state index contributed by atoms with van der Waals surface area (Å²) in [4.78, 5) is 14.2. The standard InChI is InChI=1S/C15H18FN5O/c1-17-8-11-6-7-20(9-11)15(22)14-10-21(19-18-14)13-4-2-12(16)3-5-13/h2-5,10-11,17H,6-9H2,1H3/t11-/m0/s1. The smallest absolute Gasteiger partial charge is 0.276 e. The fourth-order valence-corrected chi connectivity index (χ4v) is 2.72. The monoisotopic (exact) mass is 303 g/mol. The predicted molar refractivity (Wildman–Crippen MR) is 79.3 cm³/mol. The van der Waals surface area contributed by atoms with E-state index in [1.165, 1.54) is 16.8 Å². The SMILES string of the molecule is CNC[C@@H]1CCN(C(=O)c2cn(-c3ccc(F)cc3)nn2)C1. The van der Waals surface area contributed by atoms with Crippen LogP contribution in [-0.2, 0) is 0 Å². The van der Waals surface area contributed by atoms with Gasteiger partial charge in [0.05, 0.1) is 11.9 Å². The van der Waals surface area contributed by atoms with E-state index in [0.29, 0.717) is 17.3 Å². The summed E-state index contributed by atoms with van der Waals surface area (Å²) in [6.45, 7) is 2.39. The van der Waals surface area contributed by atoms with Crippen molar-refractivity contribution < 1.29 is 9.18 Å². The molecule has 1 aromatic carbocycles. The van der Waals surface area contributed by atoms with Gasteiger partial charge in [0.2, 0.25) is 0 Å². The van der Waals surface area contributed by atoms with Crippen molar-refractivity contribution in [1.29, 1.82) is 0 Å². The second-order valence-corrected chi connectivity index (χ2v) is 5.49. The van der Waals surface area contributed by atoms with Gasteiger partial charge in [-0.1, -0.05) is 5.21 Å². The second-order valence-electron chi connectivity index (χ2n) is 5.49. The van der Waals surface area contributed by atoms with Crippen LogP contribution in [0.15, 0.2) is 30.5 Å². The van der Waals surface area contributed by atoms with Crippen LogP contribution in [0, 0.1) is 11.7 Å². The lowest BCUT2D eigenvalue weighted by Crippen LogP contribution is -2.30. The normalized spacial score (nSPS) is 17.9. The Morgan fingerprint density at radius 3 is 2.91 bits per heavy atom. The van der Waals surface area contributed by atoms with Crippen LogP contribution in [0.25, 0.3) is 5.69 Å². The molecule has 1 fully saturated rings. The number of halogens is 1. The van der Waals surface area contributed by atoms with Gasteiger partial charge in [-0.15, -0.1) is 5.10 Å². The molecule has 1 atom stereocenters. The Bertz CT molecular complexity index is 654. The van der Waals surface area contributed by atoms with E-state index in [0.717, 1.165) is 26.1 Å². The van der Waals surface area contributed by atoms with Crippen molar-refractivity contribution in [2.24, 2.45) is 5.92 Å². The first kappa shape index (κ1) is 14.6. The first-order valence-corrected chi connectivity index (χ1v) is 7.29. The molecule has 0 radical (unpaired) electrons. The Kier molecular flexibility index (Phi) is 4.15. The van der Waals surface area contributed by atoms with Gasteiger partial charge in [0, 0.05) is 13.1 Å². The summed E-state index contributed by atoms with van der Waals surface area (Å²) in [6.07, 6.45) is 2.58. The van der Waals surface area contributed by atoms with Crippen molar-refractivity contribution in [3.8, 4) is 5.69 Å². The molecule has 6 nitrogen and oxygen atoms in total. The maximum absolute atomic E-state index is 12.9. The number of hydrogen-bond acceptors (Lipinski definition) is 4. The lowest BCUT2D eigenvalue weighted by molar-refractivity contribution is 0.0781. The largest absolute Gasteiger partial charge is 0.337 e. The highest BCUT2D eigenvalue weighted by Crippen LogP contribution is 2.18. The molecule has 7 heteroatoms. The minimum Gasteiger partial charge on any atom is -0.337 e. The van der Waals surface area contributed by atoms with Gasteiger partial charge in [0.1, 0.15) is 5.82 Å². The summed E-state index contributed by atoms with van der Waals surface area (Å²) < 4.78 is 14.4. The van der Waals surface area contributed by atoms with Crippen LogP contribution in [0.3, 0.4) is 0 Å². The third-order valence-corrected chi connectivity index (χ3v) is 3.87. The molecule has 1 aliphatic rings. The zero-order valence-electron chi connectivity index (χ0n) is 12.4. The number of carbonyl (C=O) groups is 1. The molecular formula is C15H18FN5O. The van der Waals surface area contributed by atoms with Gasteiger partial charge in [-0.25, -0.2) is 9.07 Å². The minimum atomic E-state index is -0.312. The van der Waals surface area contributed by atoms with E-state index in [-0.39, 0.29) is 11.7 Å². The van der Waals surface area contributed by atoms with Crippen LogP contribution < -0.4 is 5.32 Å². The van der Waals surface area contributed by atoms with Crippen LogP contribution >= 0.6 is 0 Å². The van der Waals surface area contributed by atoms with Crippen LogP contribution in [0.4, 0.5) is 4.39 Å². The van der Waals surface area contributed by atoms with E-state index in [2.05, 4.69) is 15.6 Å². The first-order chi connectivity index (χ1) is 10.7. The van der Waals surface area contributed by atoms with Gasteiger partial charge in [0.15, 0.2) is 5.69 Å². The zero-order chi connectivity index (χ0) is 15.5. The third kappa shape index (κ3) is 2.99. The van der Waals surface area contributed by atoms with Crippen molar-refractivity contribution in [1.82, 2.24) is 25.2 Å². The highest BCUT2D eigenvalue weighted by molar-refractivity contribution is 5.92. The third-order valence-electron chi connectivity index (χ3n) is 3.87. The first-order valence-electron chi connectivity index (χ1n) is 7.29. The van der Waals surface area contributed by atoms with E-state index in [1.54, 1.807) is 23.2 Å². The number of hydrogen-bond donors (Lipinski definition) is 1. The molecule has 1 saturated heterocycles. The summed E-state index contributed by atoms with van der Waals surface area (Å²) in [5.41, 5.74) is 0.983. The lowest BCUT2D eigenvalue weighted by atomic mass is 10.1. The van der Waals surface area contributed by atoms with Gasteiger partial charge in [-0.05, 0) is 50.2 Å². The predicted octanol–water partition coefficient (Wildman–Crippen LogP) is 1.09. The number of carbonyl (C=O) groups excluding carboxylic acids is 1. The highest BCUT2D eigenvalue weighted by Gasteiger charge is 2.28. The molecule has 1 aliphatic heterocycles. The van der Waals surface area contributed by atoms with Gasteiger partial charge < -0.3 is 10.2 Å². The summed E-state index contributed by atoms with van der Waals surface area (Å²) >= 11 is 0. The van der Waals surface area contributed by atoms with Crippen LogP contribution in [0.1, 0.15) is 16.9 Å². The average molecular weight is 303 g/mol. The molecule has 2 aromatic rings. The molecule has 1 aromatic heterocycles. The van der Waals surface area contributed by atoms with Crippen molar-refractivity contribution >= 4 is 5.91 Å². The molecule has 3 rings (SSSR count). The van der Waals surface area contributed by atoms with Crippen molar-refractivity contribution in [2.75, 3.05) is 26.7 Å². The summed E-state index contributed by atoms with van der Waals surface area (Å²) in [5.74, 6) is 0.0702. The Balaban J connectivity index is 1.71. The summed E-state index contributed by atoms with van der Waals surface area (Å²) in [7, 11) is 1.92. The van der Waals surface area contributed by atoms with Crippen molar-refractivity contribution in [3.05, 3.63) is 42.0 Å². The highest BCUT2D eigenvalue weighted by atomic mass is 19.1. The zero-order valence-corrected chi connectivity index (χ0v) is 12.4. The van der Waals surface area contributed by atoms with E-state index in [9.17, 15) is 9.18 Å². The molecule has 0 saturated carbocycles. The number of nitrogens with one attached hydrogen (secondary N) is 1. The van der Waals surface area contributed by atoms with Crippen molar-refractivity contribution in [3.63, 3.8) is 0 Å². The quantitative estimate of drug-likeness (QED) is 0.918. The van der Waals surface area contributed by atoms with Gasteiger partial charge >= 0.3 is 0 Å². The van der Waals surface area contributed by atoms with Gasteiger partial charge in [-0.3, -0.25) is 4.79 Å². The molecule has 0 aliphatic carbocycles.